The van der Waals surface area contributed by atoms with E-state index in [4.69, 9.17) is 13.4 Å². The SMILES string of the molecule is Cc1cc(C(=O)NNC(=O)c2cc(-c3cc(C)oc3C)nc3onc(C)c23)c(C)o1. The van der Waals surface area contributed by atoms with Crippen molar-refractivity contribution in [2.75, 3.05) is 0 Å². The van der Waals surface area contributed by atoms with Crippen molar-refractivity contribution >= 4 is 22.9 Å². The number of hydrogen-bond donors (Lipinski definition) is 2. The van der Waals surface area contributed by atoms with Crippen LogP contribution in [-0.4, -0.2) is 22.0 Å². The molecule has 2 N–H and O–H groups in total. The Bertz CT molecular complexity index is 1290. The average molecular weight is 408 g/mol. The molecule has 4 aromatic rings. The largest absolute Gasteiger partial charge is 0.466 e. The monoisotopic (exact) mass is 408 g/mol. The summed E-state index contributed by atoms with van der Waals surface area (Å²) in [5, 5.41) is 4.39. The van der Waals surface area contributed by atoms with Crippen LogP contribution in [0.25, 0.3) is 22.4 Å². The van der Waals surface area contributed by atoms with Crippen molar-refractivity contribution in [2.45, 2.75) is 34.6 Å². The zero-order chi connectivity index (χ0) is 21.6. The Morgan fingerprint density at radius 2 is 1.47 bits per heavy atom. The van der Waals surface area contributed by atoms with Crippen LogP contribution in [0.2, 0.25) is 0 Å². The molecule has 0 saturated carbocycles. The number of aryl methyl sites for hydroxylation is 5. The third kappa shape index (κ3) is 3.34. The van der Waals surface area contributed by atoms with Crippen molar-refractivity contribution in [3.8, 4) is 11.3 Å². The summed E-state index contributed by atoms with van der Waals surface area (Å²) in [7, 11) is 0. The second-order valence-corrected chi connectivity index (χ2v) is 7.07. The van der Waals surface area contributed by atoms with E-state index in [2.05, 4.69) is 21.0 Å². The van der Waals surface area contributed by atoms with E-state index >= 15 is 0 Å². The van der Waals surface area contributed by atoms with Gasteiger partial charge in [-0.2, -0.15) is 0 Å². The number of furan rings is 2. The van der Waals surface area contributed by atoms with Crippen LogP contribution < -0.4 is 10.9 Å². The molecule has 0 aliphatic carbocycles. The van der Waals surface area contributed by atoms with E-state index in [1.165, 1.54) is 0 Å². The number of pyridine rings is 1. The minimum atomic E-state index is -0.529. The van der Waals surface area contributed by atoms with E-state index in [0.717, 1.165) is 11.3 Å². The molecule has 0 atom stereocenters. The average Bonchev–Trinajstić information content (AvgIpc) is 3.35. The van der Waals surface area contributed by atoms with Crippen LogP contribution in [0.3, 0.4) is 0 Å². The number of nitrogens with one attached hydrogen (secondary N) is 2. The molecular weight excluding hydrogens is 388 g/mol. The minimum absolute atomic E-state index is 0.223. The van der Waals surface area contributed by atoms with Crippen molar-refractivity contribution < 1.29 is 22.9 Å². The molecule has 0 saturated heterocycles. The number of nitrogens with zero attached hydrogens (tertiary/aromatic N) is 2. The van der Waals surface area contributed by atoms with Gasteiger partial charge in [0.1, 0.15) is 23.0 Å². The van der Waals surface area contributed by atoms with Gasteiger partial charge in [0.25, 0.3) is 17.5 Å². The maximum Gasteiger partial charge on any atom is 0.273 e. The topological polar surface area (TPSA) is 123 Å². The Balaban J connectivity index is 1.67. The van der Waals surface area contributed by atoms with Crippen molar-refractivity contribution in [3.63, 3.8) is 0 Å². The van der Waals surface area contributed by atoms with E-state index in [9.17, 15) is 9.59 Å². The van der Waals surface area contributed by atoms with Gasteiger partial charge in [0, 0.05) is 5.56 Å². The maximum atomic E-state index is 12.9. The Morgan fingerprint density at radius 1 is 0.833 bits per heavy atom. The molecule has 9 heteroatoms. The van der Waals surface area contributed by atoms with Crippen molar-refractivity contribution in [1.82, 2.24) is 21.0 Å². The lowest BCUT2D eigenvalue weighted by Crippen LogP contribution is -2.41. The normalized spacial score (nSPS) is 11.1. The van der Waals surface area contributed by atoms with Gasteiger partial charge >= 0.3 is 0 Å². The predicted molar refractivity (Wildman–Crippen MR) is 107 cm³/mol. The number of hydrogen-bond acceptors (Lipinski definition) is 7. The van der Waals surface area contributed by atoms with E-state index in [1.807, 2.05) is 19.9 Å². The number of carbonyl (C=O) groups is 2. The van der Waals surface area contributed by atoms with Gasteiger partial charge in [-0.1, -0.05) is 5.16 Å². The molecule has 0 aliphatic rings. The Kier molecular flexibility index (Phi) is 4.65. The molecule has 4 aromatic heterocycles. The highest BCUT2D eigenvalue weighted by atomic mass is 16.5. The van der Waals surface area contributed by atoms with Crippen LogP contribution in [0.15, 0.2) is 31.6 Å². The van der Waals surface area contributed by atoms with Gasteiger partial charge in [-0.3, -0.25) is 20.4 Å². The molecule has 0 aromatic carbocycles. The summed E-state index contributed by atoms with van der Waals surface area (Å²) in [6.07, 6.45) is 0. The highest BCUT2D eigenvalue weighted by Gasteiger charge is 2.22. The van der Waals surface area contributed by atoms with E-state index in [0.29, 0.717) is 39.6 Å². The number of hydrazine groups is 1. The van der Waals surface area contributed by atoms with Gasteiger partial charge < -0.3 is 13.4 Å². The molecule has 0 radical (unpaired) electrons. The molecule has 0 unspecified atom stereocenters. The molecule has 0 aliphatic heterocycles. The number of carbonyl (C=O) groups excluding carboxylic acids is 2. The predicted octanol–water partition coefficient (Wildman–Crippen LogP) is 3.69. The minimum Gasteiger partial charge on any atom is -0.466 e. The van der Waals surface area contributed by atoms with Gasteiger partial charge in [0.05, 0.1) is 27.9 Å². The second kappa shape index (κ2) is 7.18. The Hall–Kier alpha value is -3.88. The van der Waals surface area contributed by atoms with E-state index in [1.54, 1.807) is 32.9 Å². The smallest absolute Gasteiger partial charge is 0.273 e. The zero-order valence-corrected chi connectivity index (χ0v) is 17.2. The molecule has 4 heterocycles. The first-order valence-corrected chi connectivity index (χ1v) is 9.26. The first-order valence-electron chi connectivity index (χ1n) is 9.26. The van der Waals surface area contributed by atoms with E-state index in [-0.39, 0.29) is 11.3 Å². The van der Waals surface area contributed by atoms with Crippen LogP contribution in [0, 0.1) is 34.6 Å². The fourth-order valence-corrected chi connectivity index (χ4v) is 3.40. The van der Waals surface area contributed by atoms with Gasteiger partial charge in [-0.25, -0.2) is 4.98 Å². The number of fused-ring (bicyclic) bond motifs is 1. The number of amides is 2. The Morgan fingerprint density at radius 3 is 2.07 bits per heavy atom. The quantitative estimate of drug-likeness (QED) is 0.496. The van der Waals surface area contributed by atoms with Crippen LogP contribution in [0.4, 0.5) is 0 Å². The van der Waals surface area contributed by atoms with Gasteiger partial charge in [0.15, 0.2) is 0 Å². The van der Waals surface area contributed by atoms with Crippen molar-refractivity contribution in [2.24, 2.45) is 0 Å². The Labute approximate surface area is 171 Å². The van der Waals surface area contributed by atoms with Crippen LogP contribution >= 0.6 is 0 Å². The number of aromatic nitrogens is 2. The highest BCUT2D eigenvalue weighted by molar-refractivity contribution is 6.08. The molecule has 154 valence electrons. The lowest BCUT2D eigenvalue weighted by atomic mass is 10.1. The lowest BCUT2D eigenvalue weighted by Gasteiger charge is -2.09. The van der Waals surface area contributed by atoms with Crippen LogP contribution in [-0.2, 0) is 0 Å². The fraction of sp³-hybridized carbons (Fsp3) is 0.238. The zero-order valence-electron chi connectivity index (χ0n) is 17.2. The third-order valence-electron chi connectivity index (χ3n) is 4.75. The lowest BCUT2D eigenvalue weighted by molar-refractivity contribution is 0.0846. The standard InChI is InChI=1S/C21H20N4O5/c1-9-6-14(12(4)28-9)17-8-16(18-11(3)25-30-21(18)22-17)20(27)24-23-19(26)15-7-10(2)29-13(15)5/h6-8H,1-5H3,(H,23,26)(H,24,27). The second-order valence-electron chi connectivity index (χ2n) is 7.07. The number of rotatable bonds is 3. The maximum absolute atomic E-state index is 12.9. The summed E-state index contributed by atoms with van der Waals surface area (Å²) >= 11 is 0. The molecule has 0 fully saturated rings. The summed E-state index contributed by atoms with van der Waals surface area (Å²) in [4.78, 5) is 29.8. The molecule has 2 amide bonds. The summed E-state index contributed by atoms with van der Waals surface area (Å²) in [5.41, 5.74) is 7.46. The fourth-order valence-electron chi connectivity index (χ4n) is 3.40. The third-order valence-corrected chi connectivity index (χ3v) is 4.75. The molecule has 0 spiro atoms. The summed E-state index contributed by atoms with van der Waals surface area (Å²) in [6, 6.07) is 5.06. The first-order chi connectivity index (χ1) is 14.2. The summed E-state index contributed by atoms with van der Waals surface area (Å²) in [6.45, 7) is 8.78. The van der Waals surface area contributed by atoms with Crippen molar-refractivity contribution in [3.05, 3.63) is 58.1 Å². The van der Waals surface area contributed by atoms with Gasteiger partial charge in [-0.05, 0) is 52.8 Å². The first kappa shape index (κ1) is 19.4. The van der Waals surface area contributed by atoms with Crippen LogP contribution in [0.5, 0.6) is 0 Å². The summed E-state index contributed by atoms with van der Waals surface area (Å²) in [5.74, 6) is 1.46. The molecule has 30 heavy (non-hydrogen) atoms. The molecular formula is C21H20N4O5. The van der Waals surface area contributed by atoms with E-state index < -0.39 is 11.8 Å². The van der Waals surface area contributed by atoms with Gasteiger partial charge in [0.2, 0.25) is 0 Å². The van der Waals surface area contributed by atoms with Crippen LogP contribution in [0.1, 0.15) is 49.5 Å². The molecule has 4 rings (SSSR count). The molecule has 0 bridgehead atoms. The van der Waals surface area contributed by atoms with Gasteiger partial charge in [-0.15, -0.1) is 0 Å². The highest BCUT2D eigenvalue weighted by Crippen LogP contribution is 2.30. The summed E-state index contributed by atoms with van der Waals surface area (Å²) < 4.78 is 16.2. The van der Waals surface area contributed by atoms with Crippen molar-refractivity contribution in [1.29, 1.82) is 0 Å². The molecule has 9 nitrogen and oxygen atoms in total.